The highest BCUT2D eigenvalue weighted by molar-refractivity contribution is 6.58. The summed E-state index contributed by atoms with van der Waals surface area (Å²) < 4.78 is 77.4. The molecule has 226 valence electrons. The Balaban J connectivity index is 1.62. The molecule has 0 spiro atoms. The van der Waals surface area contributed by atoms with Crippen molar-refractivity contribution >= 4 is 52.5 Å². The minimum absolute atomic E-state index is 0.00426. The fourth-order valence-electron chi connectivity index (χ4n) is 6.98. The molecule has 1 saturated carbocycles. The maximum atomic E-state index is 15.0. The Morgan fingerprint density at radius 1 is 0.907 bits per heavy atom. The minimum atomic E-state index is -2.67. The molecule has 2 aliphatic heterocycles. The molecule has 2 aliphatic carbocycles. The molecule has 3 fully saturated rings. The van der Waals surface area contributed by atoms with Crippen LogP contribution in [0.15, 0.2) is 29.8 Å². The van der Waals surface area contributed by atoms with Crippen LogP contribution in [0.4, 0.5) is 27.6 Å². The normalized spacial score (nSPS) is 31.7. The number of alkyl halides is 2. The van der Waals surface area contributed by atoms with Crippen LogP contribution in [0.25, 0.3) is 0 Å². The first-order valence-electron chi connectivity index (χ1n) is 12.8. The zero-order valence-electron chi connectivity index (χ0n) is 22.1. The first-order valence-corrected chi connectivity index (χ1v) is 13.6. The number of anilines is 1. The molecule has 6 rings (SSSR count). The monoisotopic (exact) mass is 644 g/mol. The topological polar surface area (TPSA) is 104 Å². The van der Waals surface area contributed by atoms with Gasteiger partial charge in [0.1, 0.15) is 5.69 Å². The van der Waals surface area contributed by atoms with Crippen molar-refractivity contribution in [2.45, 2.75) is 28.5 Å². The van der Waals surface area contributed by atoms with E-state index < -0.39 is 104 Å². The number of hydrogen-bond acceptors (Lipinski definition) is 6. The Kier molecular flexibility index (Phi) is 6.41. The van der Waals surface area contributed by atoms with Crippen molar-refractivity contribution in [1.82, 2.24) is 4.90 Å². The maximum absolute atomic E-state index is 15.0. The largest absolute Gasteiger partial charge is 0.504 e. The van der Waals surface area contributed by atoms with Gasteiger partial charge in [-0.1, -0.05) is 17.7 Å². The number of benzene rings is 2. The smallest absolute Gasteiger partial charge is 0.258 e. The highest BCUT2D eigenvalue weighted by Gasteiger charge is 2.77. The van der Waals surface area contributed by atoms with Crippen LogP contribution in [0.5, 0.6) is 11.5 Å². The van der Waals surface area contributed by atoms with Gasteiger partial charge < -0.3 is 9.84 Å². The number of phenolic OH excluding ortho intramolecular Hbond substituents is 1. The third-order valence-corrected chi connectivity index (χ3v) is 10.4. The summed E-state index contributed by atoms with van der Waals surface area (Å²) in [7, 11) is 2.55. The van der Waals surface area contributed by atoms with Crippen molar-refractivity contribution in [3.05, 3.63) is 64.5 Å². The van der Waals surface area contributed by atoms with Crippen molar-refractivity contribution in [2.75, 3.05) is 19.1 Å². The van der Waals surface area contributed by atoms with Gasteiger partial charge in [0.25, 0.3) is 11.8 Å². The summed E-state index contributed by atoms with van der Waals surface area (Å²) in [5, 5.41) is 10.6. The molecule has 1 N–H and O–H groups in total. The molecule has 2 saturated heterocycles. The van der Waals surface area contributed by atoms with E-state index in [9.17, 15) is 46.2 Å². The average molecular weight is 645 g/mol. The minimum Gasteiger partial charge on any atom is -0.504 e. The number of carbonyl (C=O) groups excluding carboxylic acids is 4. The number of ether oxygens (including phenoxy) is 1. The molecule has 15 heteroatoms. The Morgan fingerprint density at radius 2 is 1.51 bits per heavy atom. The molecule has 0 aromatic heterocycles. The number of aromatic hydroxyl groups is 1. The molecular formula is C28H19Cl2F5N2O6. The predicted molar refractivity (Wildman–Crippen MR) is 139 cm³/mol. The maximum Gasteiger partial charge on any atom is 0.258 e. The summed E-state index contributed by atoms with van der Waals surface area (Å²) in [6, 6.07) is 3.82. The molecule has 43 heavy (non-hydrogen) atoms. The molecule has 8 nitrogen and oxygen atoms in total. The fourth-order valence-corrected chi connectivity index (χ4v) is 7.92. The summed E-state index contributed by atoms with van der Waals surface area (Å²) in [6.07, 6.45) is 0.977. The van der Waals surface area contributed by atoms with Gasteiger partial charge in [-0.3, -0.25) is 24.1 Å². The van der Waals surface area contributed by atoms with E-state index >= 15 is 0 Å². The standard InChI is InChI=1S/C28H19Cl2F5N2O6/c1-36-23(39)11-5-4-10-12(15(11)24(36)40)8-27(29)25(41)37(22-20(34)18(32)17(31)19(33)21(22)35)26(42)28(27,30)16(10)9-3-6-14(43-2)13(38)7-9/h3-4,6-7,11-12,15-16,38H,5,8H2,1-2H3. The highest BCUT2D eigenvalue weighted by atomic mass is 35.5. The van der Waals surface area contributed by atoms with Gasteiger partial charge in [0.15, 0.2) is 44.5 Å². The van der Waals surface area contributed by atoms with E-state index in [0.29, 0.717) is 0 Å². The second kappa shape index (κ2) is 9.39. The van der Waals surface area contributed by atoms with Crippen molar-refractivity contribution in [2.24, 2.45) is 17.8 Å². The molecule has 2 aromatic carbocycles. The summed E-state index contributed by atoms with van der Waals surface area (Å²) in [5.41, 5.74) is -1.54. The van der Waals surface area contributed by atoms with Crippen molar-refractivity contribution < 1.29 is 51.0 Å². The fraction of sp³-hybridized carbons (Fsp3) is 0.357. The molecule has 0 bridgehead atoms. The zero-order chi connectivity index (χ0) is 31.5. The lowest BCUT2D eigenvalue weighted by atomic mass is 9.56. The van der Waals surface area contributed by atoms with Gasteiger partial charge in [0.2, 0.25) is 17.6 Å². The van der Waals surface area contributed by atoms with Gasteiger partial charge in [-0.05, 0) is 36.5 Å². The Hall–Kier alpha value is -3.71. The van der Waals surface area contributed by atoms with Gasteiger partial charge >= 0.3 is 0 Å². The zero-order valence-corrected chi connectivity index (χ0v) is 23.6. The summed E-state index contributed by atoms with van der Waals surface area (Å²) in [4.78, 5) is 49.6. The van der Waals surface area contributed by atoms with E-state index in [1.165, 1.54) is 26.3 Å². The van der Waals surface area contributed by atoms with Crippen LogP contribution in [-0.4, -0.2) is 57.5 Å². The van der Waals surface area contributed by atoms with E-state index in [1.807, 2.05) is 0 Å². The van der Waals surface area contributed by atoms with E-state index in [0.717, 1.165) is 11.0 Å². The number of amides is 4. The third-order valence-electron chi connectivity index (χ3n) is 8.98. The number of nitrogens with zero attached hydrogens (tertiary/aromatic N) is 2. The van der Waals surface area contributed by atoms with Crippen LogP contribution in [0.3, 0.4) is 0 Å². The van der Waals surface area contributed by atoms with Gasteiger partial charge in [-0.15, -0.1) is 23.2 Å². The number of methoxy groups -OCH3 is 1. The number of imide groups is 2. The molecular weight excluding hydrogens is 626 g/mol. The van der Waals surface area contributed by atoms with Crippen molar-refractivity contribution in [1.29, 1.82) is 0 Å². The molecule has 2 aromatic rings. The number of carbonyl (C=O) groups is 4. The molecule has 6 atom stereocenters. The highest BCUT2D eigenvalue weighted by Crippen LogP contribution is 2.66. The van der Waals surface area contributed by atoms with Crippen molar-refractivity contribution in [3.8, 4) is 11.5 Å². The van der Waals surface area contributed by atoms with Gasteiger partial charge in [-0.25, -0.2) is 26.9 Å². The van der Waals surface area contributed by atoms with Gasteiger partial charge in [0, 0.05) is 13.0 Å². The lowest BCUT2D eigenvalue weighted by molar-refractivity contribution is -0.138. The SMILES string of the molecule is COc1ccc(C2C3=CCC4C(=O)N(C)C(=O)C4C3CC3(Cl)C(=O)N(c4c(F)c(F)c(F)c(F)c4F)C(=O)C23Cl)cc1O. The lowest BCUT2D eigenvalue weighted by Crippen LogP contribution is -2.60. The Labute approximate surface area is 249 Å². The van der Waals surface area contributed by atoms with E-state index in [1.54, 1.807) is 6.08 Å². The summed E-state index contributed by atoms with van der Waals surface area (Å²) >= 11 is 14.0. The first kappa shape index (κ1) is 29.4. The number of allylic oxidation sites excluding steroid dienone is 2. The van der Waals surface area contributed by atoms with Crippen molar-refractivity contribution in [3.63, 3.8) is 0 Å². The number of hydrogen-bond donors (Lipinski definition) is 1. The van der Waals surface area contributed by atoms with Crippen LogP contribution in [0.1, 0.15) is 24.3 Å². The van der Waals surface area contributed by atoms with Crippen LogP contribution < -0.4 is 9.64 Å². The molecule has 2 heterocycles. The number of phenols is 1. The quantitative estimate of drug-likeness (QED) is 0.134. The van der Waals surface area contributed by atoms with Gasteiger partial charge in [0.05, 0.1) is 18.9 Å². The lowest BCUT2D eigenvalue weighted by Gasteiger charge is -2.50. The van der Waals surface area contributed by atoms with E-state index in [4.69, 9.17) is 27.9 Å². The molecule has 4 amide bonds. The Bertz CT molecular complexity index is 1690. The summed E-state index contributed by atoms with van der Waals surface area (Å²) in [6.45, 7) is 0. The number of fused-ring (bicyclic) bond motifs is 4. The van der Waals surface area contributed by atoms with Crippen LogP contribution in [0.2, 0.25) is 0 Å². The second-order valence-electron chi connectivity index (χ2n) is 10.9. The van der Waals surface area contributed by atoms with E-state index in [-0.39, 0.29) is 28.2 Å². The van der Waals surface area contributed by atoms with Crippen LogP contribution in [0, 0.1) is 46.8 Å². The van der Waals surface area contributed by atoms with Crippen LogP contribution in [-0.2, 0) is 19.2 Å². The number of likely N-dealkylation sites (tertiary alicyclic amines) is 1. The molecule has 4 aliphatic rings. The number of rotatable bonds is 3. The Morgan fingerprint density at radius 3 is 2.09 bits per heavy atom. The molecule has 0 radical (unpaired) electrons. The van der Waals surface area contributed by atoms with E-state index in [2.05, 4.69) is 0 Å². The van der Waals surface area contributed by atoms with Crippen LogP contribution >= 0.6 is 23.2 Å². The summed E-state index contributed by atoms with van der Waals surface area (Å²) in [5.74, 6) is -21.4. The first-order chi connectivity index (χ1) is 20.1. The van der Waals surface area contributed by atoms with Gasteiger partial charge in [-0.2, -0.15) is 0 Å². The number of halogens is 7. The molecule has 6 unspecified atom stereocenters. The predicted octanol–water partition coefficient (Wildman–Crippen LogP) is 4.29. The third kappa shape index (κ3) is 3.48. The second-order valence-corrected chi connectivity index (χ2v) is 12.1. The average Bonchev–Trinajstić information content (AvgIpc) is 3.28.